The number of carbonyl (C=O) groups excluding carboxylic acids is 2. The Morgan fingerprint density at radius 2 is 2.11 bits per heavy atom. The first-order valence-electron chi connectivity index (χ1n) is 5.22. The van der Waals surface area contributed by atoms with Crippen LogP contribution in [0.5, 0.6) is 0 Å². The topological polar surface area (TPSA) is 89.3 Å². The molecule has 2 amide bonds. The van der Waals surface area contributed by atoms with Gasteiger partial charge in [0.1, 0.15) is 0 Å². The van der Waals surface area contributed by atoms with E-state index in [1.807, 2.05) is 0 Å². The molecule has 6 nitrogen and oxygen atoms in total. The molecule has 0 radical (unpaired) electrons. The Kier molecular flexibility index (Phi) is 3.76. The van der Waals surface area contributed by atoms with Crippen LogP contribution in [0.3, 0.4) is 0 Å². The second-order valence-electron chi connectivity index (χ2n) is 3.59. The van der Waals surface area contributed by atoms with E-state index in [9.17, 15) is 19.7 Å². The summed E-state index contributed by atoms with van der Waals surface area (Å²) in [6, 6.07) is 6.09. The van der Waals surface area contributed by atoms with Crippen molar-refractivity contribution in [2.24, 2.45) is 0 Å². The van der Waals surface area contributed by atoms with E-state index in [-0.39, 0.29) is 5.69 Å². The molecule has 1 aromatic rings. The van der Waals surface area contributed by atoms with Crippen LogP contribution in [0.25, 0.3) is 6.08 Å². The van der Waals surface area contributed by atoms with E-state index in [1.54, 1.807) is 24.3 Å². The maximum absolute atomic E-state index is 11.2. The molecule has 0 atom stereocenters. The SMILES string of the molecule is O=C1NC(=O)/C(=C/C=C/c2cccc([N+](=O)[O-])c2)S1. The normalized spacial score (nSPS) is 17.2. The van der Waals surface area contributed by atoms with Gasteiger partial charge in [-0.25, -0.2) is 0 Å². The summed E-state index contributed by atoms with van der Waals surface area (Å²) < 4.78 is 0. The van der Waals surface area contributed by atoms with Crippen molar-refractivity contribution in [1.82, 2.24) is 5.32 Å². The molecule has 1 aliphatic heterocycles. The van der Waals surface area contributed by atoms with Crippen LogP contribution in [-0.2, 0) is 4.79 Å². The van der Waals surface area contributed by atoms with Crippen molar-refractivity contribution in [1.29, 1.82) is 0 Å². The Labute approximate surface area is 112 Å². The molecule has 2 rings (SSSR count). The van der Waals surface area contributed by atoms with Gasteiger partial charge in [-0.2, -0.15) is 0 Å². The molecule has 19 heavy (non-hydrogen) atoms. The lowest BCUT2D eigenvalue weighted by Crippen LogP contribution is -2.17. The van der Waals surface area contributed by atoms with Gasteiger partial charge in [-0.15, -0.1) is 0 Å². The average Bonchev–Trinajstić information content (AvgIpc) is 2.68. The van der Waals surface area contributed by atoms with Crippen LogP contribution in [0.1, 0.15) is 5.56 Å². The van der Waals surface area contributed by atoms with Crippen LogP contribution in [0.4, 0.5) is 10.5 Å². The molecule has 1 N–H and O–H groups in total. The quantitative estimate of drug-likeness (QED) is 0.520. The summed E-state index contributed by atoms with van der Waals surface area (Å²) in [6.45, 7) is 0. The van der Waals surface area contributed by atoms with Gasteiger partial charge in [-0.1, -0.05) is 24.3 Å². The molecule has 1 aliphatic rings. The molecule has 7 heteroatoms. The highest BCUT2D eigenvalue weighted by atomic mass is 32.2. The van der Waals surface area contributed by atoms with E-state index in [0.717, 1.165) is 11.8 Å². The first-order valence-corrected chi connectivity index (χ1v) is 6.04. The van der Waals surface area contributed by atoms with Gasteiger partial charge in [0.2, 0.25) is 0 Å². The Hall–Kier alpha value is -2.41. The maximum atomic E-state index is 11.2. The number of hydrogen-bond donors (Lipinski definition) is 1. The number of imide groups is 1. The van der Waals surface area contributed by atoms with Crippen LogP contribution in [0, 0.1) is 10.1 Å². The first-order chi connectivity index (χ1) is 9.06. The van der Waals surface area contributed by atoms with Gasteiger partial charge in [0.25, 0.3) is 16.8 Å². The zero-order valence-electron chi connectivity index (χ0n) is 9.53. The molecule has 0 aliphatic carbocycles. The number of nitro groups is 1. The Morgan fingerprint density at radius 1 is 1.32 bits per heavy atom. The fourth-order valence-corrected chi connectivity index (χ4v) is 2.06. The van der Waals surface area contributed by atoms with Gasteiger partial charge < -0.3 is 0 Å². The Bertz CT molecular complexity index is 622. The lowest BCUT2D eigenvalue weighted by molar-refractivity contribution is -0.384. The third-order valence-corrected chi connectivity index (χ3v) is 3.09. The van der Waals surface area contributed by atoms with Crippen molar-refractivity contribution in [2.75, 3.05) is 0 Å². The van der Waals surface area contributed by atoms with E-state index in [2.05, 4.69) is 5.32 Å². The molecule has 1 saturated heterocycles. The molecule has 0 bridgehead atoms. The number of thioether (sulfide) groups is 1. The predicted molar refractivity (Wildman–Crippen MR) is 71.3 cm³/mol. The molecular weight excluding hydrogens is 268 g/mol. The number of non-ortho nitro benzene ring substituents is 1. The summed E-state index contributed by atoms with van der Waals surface area (Å²) in [6.07, 6.45) is 4.68. The molecule has 0 unspecified atom stereocenters. The van der Waals surface area contributed by atoms with Crippen molar-refractivity contribution in [3.63, 3.8) is 0 Å². The molecule has 1 aromatic carbocycles. The molecular formula is C12H8N2O4S. The number of nitrogens with one attached hydrogen (secondary N) is 1. The highest BCUT2D eigenvalue weighted by molar-refractivity contribution is 8.18. The lowest BCUT2D eigenvalue weighted by atomic mass is 10.2. The number of amides is 2. The second-order valence-corrected chi connectivity index (χ2v) is 4.60. The number of nitrogens with zero attached hydrogens (tertiary/aromatic N) is 1. The summed E-state index contributed by atoms with van der Waals surface area (Å²) in [5, 5.41) is 12.3. The smallest absolute Gasteiger partial charge is 0.282 e. The minimum absolute atomic E-state index is 0.00188. The van der Waals surface area contributed by atoms with Gasteiger partial charge in [-0.3, -0.25) is 25.0 Å². The zero-order chi connectivity index (χ0) is 13.8. The van der Waals surface area contributed by atoms with Crippen molar-refractivity contribution in [2.45, 2.75) is 0 Å². The van der Waals surface area contributed by atoms with Crippen LogP contribution < -0.4 is 5.32 Å². The van der Waals surface area contributed by atoms with Crippen LogP contribution in [-0.4, -0.2) is 16.1 Å². The average molecular weight is 276 g/mol. The van der Waals surface area contributed by atoms with Crippen molar-refractivity contribution in [3.05, 3.63) is 57.0 Å². The summed E-state index contributed by atoms with van der Waals surface area (Å²) >= 11 is 0.819. The van der Waals surface area contributed by atoms with Crippen LogP contribution >= 0.6 is 11.8 Å². The van der Waals surface area contributed by atoms with E-state index >= 15 is 0 Å². The van der Waals surface area contributed by atoms with E-state index in [1.165, 1.54) is 18.2 Å². The number of benzene rings is 1. The maximum Gasteiger partial charge on any atom is 0.290 e. The minimum atomic E-state index is -0.477. The molecule has 96 valence electrons. The molecule has 0 saturated carbocycles. The van der Waals surface area contributed by atoms with E-state index < -0.39 is 16.1 Å². The van der Waals surface area contributed by atoms with Gasteiger partial charge in [0.15, 0.2) is 0 Å². The molecule has 0 spiro atoms. The fourth-order valence-electron chi connectivity index (χ4n) is 1.42. The van der Waals surface area contributed by atoms with Gasteiger partial charge in [0.05, 0.1) is 9.83 Å². The number of hydrogen-bond acceptors (Lipinski definition) is 5. The highest BCUT2D eigenvalue weighted by Gasteiger charge is 2.24. The lowest BCUT2D eigenvalue weighted by Gasteiger charge is -1.93. The number of carbonyl (C=O) groups is 2. The number of allylic oxidation sites excluding steroid dienone is 2. The summed E-state index contributed by atoms with van der Waals surface area (Å²) in [5.41, 5.74) is 0.638. The standard InChI is InChI=1S/C12H8N2O4S/c15-11-10(19-12(16)13-11)6-2-4-8-3-1-5-9(7-8)14(17)18/h1-7H,(H,13,15,16)/b4-2+,10-6-. The Morgan fingerprint density at radius 3 is 2.74 bits per heavy atom. The second kappa shape index (κ2) is 5.49. The largest absolute Gasteiger partial charge is 0.290 e. The molecule has 1 fully saturated rings. The predicted octanol–water partition coefficient (Wildman–Crippen LogP) is 2.47. The van der Waals surface area contributed by atoms with E-state index in [4.69, 9.17) is 0 Å². The van der Waals surface area contributed by atoms with Gasteiger partial charge in [-0.05, 0) is 23.4 Å². The van der Waals surface area contributed by atoms with Gasteiger partial charge in [0, 0.05) is 12.1 Å². The van der Waals surface area contributed by atoms with Crippen molar-refractivity contribution < 1.29 is 14.5 Å². The van der Waals surface area contributed by atoms with Crippen molar-refractivity contribution >= 4 is 34.7 Å². The van der Waals surface area contributed by atoms with E-state index in [0.29, 0.717) is 10.5 Å². The van der Waals surface area contributed by atoms with Crippen LogP contribution in [0.15, 0.2) is 41.3 Å². The van der Waals surface area contributed by atoms with Crippen LogP contribution in [0.2, 0.25) is 0 Å². The minimum Gasteiger partial charge on any atom is -0.282 e. The summed E-state index contributed by atoms with van der Waals surface area (Å²) in [7, 11) is 0. The summed E-state index contributed by atoms with van der Waals surface area (Å²) in [4.78, 5) is 32.5. The summed E-state index contributed by atoms with van der Waals surface area (Å²) in [5.74, 6) is -0.432. The zero-order valence-corrected chi connectivity index (χ0v) is 10.3. The van der Waals surface area contributed by atoms with Crippen molar-refractivity contribution in [3.8, 4) is 0 Å². The molecule has 1 heterocycles. The first kappa shape index (κ1) is 13.0. The monoisotopic (exact) mass is 276 g/mol. The third-order valence-electron chi connectivity index (χ3n) is 2.26. The molecule has 0 aromatic heterocycles. The van der Waals surface area contributed by atoms with Gasteiger partial charge >= 0.3 is 0 Å². The fraction of sp³-hybridized carbons (Fsp3) is 0. The number of nitro benzene ring substituents is 1. The highest BCUT2D eigenvalue weighted by Crippen LogP contribution is 2.23. The number of rotatable bonds is 3. The third kappa shape index (κ3) is 3.29. The Balaban J connectivity index is 2.13.